The molecule has 90 valence electrons. The van der Waals surface area contributed by atoms with Crippen LogP contribution in [0.2, 0.25) is 0 Å². The molecular weight excluding hydrogens is 210 g/mol. The highest BCUT2D eigenvalue weighted by Gasteiger charge is 2.30. The van der Waals surface area contributed by atoms with Crippen LogP contribution < -0.4 is 0 Å². The Morgan fingerprint density at radius 1 is 1.33 bits per heavy atom. The minimum Gasteiger partial charge on any atom is -0.375 e. The van der Waals surface area contributed by atoms with E-state index < -0.39 is 0 Å². The molecule has 0 aromatic rings. The van der Waals surface area contributed by atoms with Crippen LogP contribution in [0, 0.1) is 0 Å². The Bertz CT molecular complexity index is 167. The van der Waals surface area contributed by atoms with Gasteiger partial charge < -0.3 is 9.64 Å². The van der Waals surface area contributed by atoms with Crippen molar-refractivity contribution in [3.05, 3.63) is 0 Å². The smallest absolute Gasteiger partial charge is 0.0678 e. The summed E-state index contributed by atoms with van der Waals surface area (Å²) < 4.78 is 5.98. The van der Waals surface area contributed by atoms with Crippen molar-refractivity contribution < 1.29 is 4.74 Å². The van der Waals surface area contributed by atoms with E-state index in [2.05, 4.69) is 18.7 Å². The van der Waals surface area contributed by atoms with Crippen molar-refractivity contribution in [1.82, 2.24) is 4.90 Å². The van der Waals surface area contributed by atoms with Gasteiger partial charge in [0.2, 0.25) is 0 Å². The van der Waals surface area contributed by atoms with Gasteiger partial charge in [0.25, 0.3) is 0 Å². The first-order valence-corrected chi connectivity index (χ1v) is 6.66. The summed E-state index contributed by atoms with van der Waals surface area (Å²) in [6.07, 6.45) is 4.69. The summed E-state index contributed by atoms with van der Waals surface area (Å²) in [7, 11) is 0. The van der Waals surface area contributed by atoms with Gasteiger partial charge in [-0.05, 0) is 26.2 Å². The van der Waals surface area contributed by atoms with Crippen molar-refractivity contribution in [2.75, 3.05) is 32.1 Å². The monoisotopic (exact) mass is 233 g/mol. The number of halogens is 1. The molecule has 0 unspecified atom stereocenters. The predicted octanol–water partition coefficient (Wildman–Crippen LogP) is 2.90. The Balaban J connectivity index is 2.21. The molecule has 0 aromatic carbocycles. The number of rotatable bonds is 6. The summed E-state index contributed by atoms with van der Waals surface area (Å²) in [6, 6.07) is 0. The van der Waals surface area contributed by atoms with Gasteiger partial charge >= 0.3 is 0 Å². The lowest BCUT2D eigenvalue weighted by atomic mass is 9.93. The standard InChI is InChI=1S/C12H24ClNO/c1-3-4-11-15-12(2)5-8-14(9-6-12)10-7-13/h3-11H2,1-2H3. The maximum atomic E-state index is 5.98. The molecule has 0 saturated carbocycles. The predicted molar refractivity (Wildman–Crippen MR) is 65.7 cm³/mol. The average Bonchev–Trinajstić information content (AvgIpc) is 2.23. The van der Waals surface area contributed by atoms with Crippen molar-refractivity contribution in [1.29, 1.82) is 0 Å². The first-order valence-electron chi connectivity index (χ1n) is 6.12. The first kappa shape index (κ1) is 13.3. The summed E-state index contributed by atoms with van der Waals surface area (Å²) in [5.74, 6) is 0.743. The first-order chi connectivity index (χ1) is 7.20. The summed E-state index contributed by atoms with van der Waals surface area (Å²) >= 11 is 5.74. The number of hydrogen-bond donors (Lipinski definition) is 0. The van der Waals surface area contributed by atoms with Gasteiger partial charge in [0.1, 0.15) is 0 Å². The van der Waals surface area contributed by atoms with E-state index in [0.29, 0.717) is 0 Å². The fourth-order valence-corrected chi connectivity index (χ4v) is 2.22. The van der Waals surface area contributed by atoms with Crippen LogP contribution in [0.4, 0.5) is 0 Å². The normalized spacial score (nSPS) is 21.8. The second-order valence-corrected chi connectivity index (χ2v) is 5.06. The molecular formula is C12H24ClNO. The topological polar surface area (TPSA) is 12.5 Å². The zero-order chi connectivity index (χ0) is 11.1. The molecule has 3 heteroatoms. The van der Waals surface area contributed by atoms with Crippen LogP contribution in [0.25, 0.3) is 0 Å². The fraction of sp³-hybridized carbons (Fsp3) is 1.00. The molecule has 1 fully saturated rings. The molecule has 0 radical (unpaired) electrons. The van der Waals surface area contributed by atoms with E-state index in [1.54, 1.807) is 0 Å². The highest BCUT2D eigenvalue weighted by Crippen LogP contribution is 2.25. The SMILES string of the molecule is CCCCOC1(C)CCN(CCCl)CC1. The van der Waals surface area contributed by atoms with Gasteiger partial charge in [0, 0.05) is 32.1 Å². The van der Waals surface area contributed by atoms with Crippen LogP contribution in [0.3, 0.4) is 0 Å². The Labute approximate surface area is 98.9 Å². The van der Waals surface area contributed by atoms with E-state index in [1.165, 1.54) is 12.8 Å². The van der Waals surface area contributed by atoms with Crippen LogP contribution in [0.15, 0.2) is 0 Å². The van der Waals surface area contributed by atoms with Crippen molar-refractivity contribution in [3.63, 3.8) is 0 Å². The third-order valence-corrected chi connectivity index (χ3v) is 3.43. The largest absolute Gasteiger partial charge is 0.375 e. The maximum Gasteiger partial charge on any atom is 0.0678 e. The Kier molecular flexibility index (Phi) is 5.95. The molecule has 0 aromatic heterocycles. The molecule has 0 N–H and O–H groups in total. The summed E-state index contributed by atoms with van der Waals surface area (Å²) in [5.41, 5.74) is 0.123. The van der Waals surface area contributed by atoms with Crippen molar-refractivity contribution in [2.24, 2.45) is 0 Å². The Morgan fingerprint density at radius 2 is 2.00 bits per heavy atom. The molecule has 2 nitrogen and oxygen atoms in total. The number of nitrogens with zero attached hydrogens (tertiary/aromatic N) is 1. The molecule has 0 amide bonds. The van der Waals surface area contributed by atoms with Gasteiger partial charge in [-0.2, -0.15) is 0 Å². The van der Waals surface area contributed by atoms with E-state index in [0.717, 1.165) is 45.0 Å². The molecule has 0 atom stereocenters. The number of alkyl halides is 1. The van der Waals surface area contributed by atoms with Crippen molar-refractivity contribution in [3.8, 4) is 0 Å². The van der Waals surface area contributed by atoms with Gasteiger partial charge in [-0.3, -0.25) is 0 Å². The van der Waals surface area contributed by atoms with Gasteiger partial charge in [0.05, 0.1) is 5.60 Å². The third-order valence-electron chi connectivity index (χ3n) is 3.26. The average molecular weight is 234 g/mol. The highest BCUT2D eigenvalue weighted by atomic mass is 35.5. The molecule has 0 spiro atoms. The molecule has 1 aliphatic heterocycles. The number of hydrogen-bond acceptors (Lipinski definition) is 2. The second-order valence-electron chi connectivity index (χ2n) is 4.68. The second kappa shape index (κ2) is 6.72. The summed E-state index contributed by atoms with van der Waals surface area (Å²) in [6.45, 7) is 8.66. The number of likely N-dealkylation sites (tertiary alicyclic amines) is 1. The number of piperidine rings is 1. The summed E-state index contributed by atoms with van der Waals surface area (Å²) in [5, 5.41) is 0. The lowest BCUT2D eigenvalue weighted by Crippen LogP contribution is -2.44. The fourth-order valence-electron chi connectivity index (χ4n) is 1.98. The zero-order valence-electron chi connectivity index (χ0n) is 10.1. The quantitative estimate of drug-likeness (QED) is 0.517. The molecule has 0 bridgehead atoms. The van der Waals surface area contributed by atoms with Crippen molar-refractivity contribution in [2.45, 2.75) is 45.1 Å². The molecule has 0 aliphatic carbocycles. The lowest BCUT2D eigenvalue weighted by Gasteiger charge is -2.39. The molecule has 1 saturated heterocycles. The van der Waals surface area contributed by atoms with E-state index >= 15 is 0 Å². The maximum absolute atomic E-state index is 5.98. The van der Waals surface area contributed by atoms with E-state index in [1.807, 2.05) is 0 Å². The molecule has 1 heterocycles. The molecule has 1 rings (SSSR count). The summed E-state index contributed by atoms with van der Waals surface area (Å²) in [4.78, 5) is 2.43. The van der Waals surface area contributed by atoms with Crippen LogP contribution in [-0.2, 0) is 4.74 Å². The molecule has 1 aliphatic rings. The Hall–Kier alpha value is 0.210. The van der Waals surface area contributed by atoms with Gasteiger partial charge in [0.15, 0.2) is 0 Å². The Morgan fingerprint density at radius 3 is 2.53 bits per heavy atom. The zero-order valence-corrected chi connectivity index (χ0v) is 10.9. The van der Waals surface area contributed by atoms with E-state index in [4.69, 9.17) is 16.3 Å². The number of ether oxygens (including phenoxy) is 1. The van der Waals surface area contributed by atoms with Crippen LogP contribution in [-0.4, -0.2) is 42.6 Å². The van der Waals surface area contributed by atoms with Crippen molar-refractivity contribution >= 4 is 11.6 Å². The van der Waals surface area contributed by atoms with Crippen LogP contribution in [0.5, 0.6) is 0 Å². The highest BCUT2D eigenvalue weighted by molar-refractivity contribution is 6.18. The molecule has 15 heavy (non-hydrogen) atoms. The van der Waals surface area contributed by atoms with E-state index in [-0.39, 0.29) is 5.60 Å². The van der Waals surface area contributed by atoms with Gasteiger partial charge in [-0.1, -0.05) is 13.3 Å². The lowest BCUT2D eigenvalue weighted by molar-refractivity contribution is -0.0709. The van der Waals surface area contributed by atoms with E-state index in [9.17, 15) is 0 Å². The third kappa shape index (κ3) is 4.71. The number of unbranched alkanes of at least 4 members (excludes halogenated alkanes) is 1. The van der Waals surface area contributed by atoms with Crippen LogP contribution in [0.1, 0.15) is 39.5 Å². The minimum absolute atomic E-state index is 0.123. The minimum atomic E-state index is 0.123. The van der Waals surface area contributed by atoms with Gasteiger partial charge in [-0.25, -0.2) is 0 Å². The van der Waals surface area contributed by atoms with Crippen LogP contribution >= 0.6 is 11.6 Å². The van der Waals surface area contributed by atoms with Gasteiger partial charge in [-0.15, -0.1) is 11.6 Å².